The van der Waals surface area contributed by atoms with Crippen LogP contribution in [-0.4, -0.2) is 28.7 Å². The van der Waals surface area contributed by atoms with Crippen molar-refractivity contribution in [1.29, 1.82) is 0 Å². The average molecular weight is 583 g/mol. The number of hydrogen-bond acceptors (Lipinski definition) is 8. The molecule has 39 heavy (non-hydrogen) atoms. The summed E-state index contributed by atoms with van der Waals surface area (Å²) in [7, 11) is 1.47. The number of methoxy groups -OCH3 is 1. The second-order valence-electron chi connectivity index (χ2n) is 8.72. The Balaban J connectivity index is 1.39. The number of anilines is 1. The van der Waals surface area contributed by atoms with Crippen LogP contribution in [0, 0.1) is 12.7 Å². The molecule has 0 saturated carbocycles. The summed E-state index contributed by atoms with van der Waals surface area (Å²) in [5, 5.41) is 11.9. The molecule has 0 spiro atoms. The number of hydrogen-bond donors (Lipinski definition) is 2. The molecule has 1 unspecified atom stereocenters. The van der Waals surface area contributed by atoms with Crippen molar-refractivity contribution in [2.45, 2.75) is 26.4 Å². The highest BCUT2D eigenvalue weighted by Crippen LogP contribution is 2.47. The van der Waals surface area contributed by atoms with Gasteiger partial charge >= 0.3 is 12.1 Å². The number of amides is 1. The lowest BCUT2D eigenvalue weighted by atomic mass is 10.1. The third kappa shape index (κ3) is 5.65. The number of halogens is 1. The SMILES string of the molecule is COc1cc(CC(=O)O)c(F)cc1-c1cc2sc(-c3snc(C)c3NC(=O)OC(C)c3ccccc3)cc2s1. The Bertz CT molecular complexity index is 1640. The lowest BCUT2D eigenvalue weighted by molar-refractivity contribution is -0.136. The maximum Gasteiger partial charge on any atom is 0.412 e. The van der Waals surface area contributed by atoms with Gasteiger partial charge in [-0.2, -0.15) is 4.37 Å². The molecule has 0 aliphatic heterocycles. The first kappa shape index (κ1) is 26.8. The van der Waals surface area contributed by atoms with E-state index in [0.717, 1.165) is 29.6 Å². The summed E-state index contributed by atoms with van der Waals surface area (Å²) in [5.41, 5.74) is 2.83. The number of rotatable bonds is 8. The average Bonchev–Trinajstić information content (AvgIpc) is 3.59. The highest BCUT2D eigenvalue weighted by atomic mass is 32.1. The minimum atomic E-state index is -1.11. The number of aryl methyl sites for hydroxylation is 1. The van der Waals surface area contributed by atoms with Gasteiger partial charge in [-0.3, -0.25) is 10.1 Å². The quantitative estimate of drug-likeness (QED) is 0.192. The Morgan fingerprint density at radius 2 is 1.77 bits per heavy atom. The fourth-order valence-electron chi connectivity index (χ4n) is 4.10. The molecule has 3 aromatic heterocycles. The van der Waals surface area contributed by atoms with Crippen LogP contribution in [0.25, 0.3) is 29.6 Å². The van der Waals surface area contributed by atoms with Crippen molar-refractivity contribution in [2.24, 2.45) is 0 Å². The minimum absolute atomic E-state index is 0.0704. The summed E-state index contributed by atoms with van der Waals surface area (Å²) in [4.78, 5) is 26.3. The monoisotopic (exact) mass is 582 g/mol. The summed E-state index contributed by atoms with van der Waals surface area (Å²) in [6.45, 7) is 3.65. The number of aromatic nitrogens is 1. The van der Waals surface area contributed by atoms with Crippen LogP contribution in [-0.2, 0) is 16.0 Å². The number of benzene rings is 2. The predicted octanol–water partition coefficient (Wildman–Crippen LogP) is 8.15. The topological polar surface area (TPSA) is 97.8 Å². The van der Waals surface area contributed by atoms with Crippen LogP contribution in [0.3, 0.4) is 0 Å². The van der Waals surface area contributed by atoms with E-state index in [9.17, 15) is 14.0 Å². The number of fused-ring (bicyclic) bond motifs is 1. The van der Waals surface area contributed by atoms with Crippen molar-refractivity contribution in [3.05, 3.63) is 77.2 Å². The standard InChI is InChI=1S/C28H23FN2O5S3/c1-14-26(30-28(34)36-15(2)16-7-5-4-6-8-16)27(39-31-14)24-13-23-22(38-24)12-21(37-23)18-11-19(29)17(10-25(32)33)9-20(18)35-3/h4-9,11-13,15H,10H2,1-3H3,(H,30,34)(H,32,33). The van der Waals surface area contributed by atoms with Gasteiger partial charge in [0.2, 0.25) is 0 Å². The van der Waals surface area contributed by atoms with Gasteiger partial charge in [-0.15, -0.1) is 22.7 Å². The molecular formula is C28H23FN2O5S3. The molecule has 1 amide bonds. The number of carbonyl (C=O) groups excluding carboxylic acids is 1. The number of aliphatic carboxylic acids is 1. The molecule has 1 atom stereocenters. The molecule has 0 aliphatic carbocycles. The second-order valence-corrected chi connectivity index (χ2v) is 11.7. The van der Waals surface area contributed by atoms with E-state index in [0.29, 0.717) is 22.7 Å². The molecule has 7 nitrogen and oxygen atoms in total. The number of nitrogens with one attached hydrogen (secondary N) is 1. The van der Waals surface area contributed by atoms with E-state index < -0.39 is 30.4 Å². The fourth-order valence-corrected chi connectivity index (χ4v) is 7.46. The van der Waals surface area contributed by atoms with E-state index in [-0.39, 0.29) is 5.56 Å². The first-order valence-corrected chi connectivity index (χ1v) is 14.2. The maximum atomic E-state index is 14.6. The van der Waals surface area contributed by atoms with Crippen LogP contribution in [0.15, 0.2) is 54.6 Å². The van der Waals surface area contributed by atoms with Gasteiger partial charge in [-0.25, -0.2) is 9.18 Å². The summed E-state index contributed by atoms with van der Waals surface area (Å²) in [6, 6.07) is 16.2. The molecule has 5 rings (SSSR count). The molecule has 200 valence electrons. The molecule has 0 saturated heterocycles. The Morgan fingerprint density at radius 1 is 1.08 bits per heavy atom. The van der Waals surface area contributed by atoms with E-state index in [1.165, 1.54) is 53.4 Å². The number of nitrogens with zero attached hydrogens (tertiary/aromatic N) is 1. The number of ether oxygens (including phenoxy) is 2. The van der Waals surface area contributed by atoms with Crippen molar-refractivity contribution in [1.82, 2.24) is 4.37 Å². The molecule has 3 heterocycles. The molecule has 0 fully saturated rings. The van der Waals surface area contributed by atoms with Crippen molar-refractivity contribution < 1.29 is 28.6 Å². The molecule has 0 bridgehead atoms. The van der Waals surface area contributed by atoms with Gasteiger partial charge in [0.1, 0.15) is 17.7 Å². The van der Waals surface area contributed by atoms with Gasteiger partial charge in [0.25, 0.3) is 0 Å². The first-order valence-electron chi connectivity index (χ1n) is 11.8. The van der Waals surface area contributed by atoms with Crippen molar-refractivity contribution in [3.63, 3.8) is 0 Å². The smallest absolute Gasteiger partial charge is 0.412 e. The lowest BCUT2D eigenvalue weighted by Crippen LogP contribution is -2.16. The Hall–Kier alpha value is -3.80. The Labute approximate surface area is 235 Å². The predicted molar refractivity (Wildman–Crippen MR) is 154 cm³/mol. The zero-order valence-electron chi connectivity index (χ0n) is 21.1. The van der Waals surface area contributed by atoms with Crippen LogP contribution in [0.1, 0.15) is 29.8 Å². The third-order valence-corrected chi connectivity index (χ3v) is 9.49. The molecule has 0 radical (unpaired) electrons. The fraction of sp³-hybridized carbons (Fsp3) is 0.179. The minimum Gasteiger partial charge on any atom is -0.496 e. The summed E-state index contributed by atoms with van der Waals surface area (Å²) < 4.78 is 32.1. The van der Waals surface area contributed by atoms with Crippen LogP contribution in [0.5, 0.6) is 5.75 Å². The number of thiophene rings is 2. The van der Waals surface area contributed by atoms with Gasteiger partial charge in [0.15, 0.2) is 0 Å². The number of carbonyl (C=O) groups is 2. The van der Waals surface area contributed by atoms with E-state index >= 15 is 0 Å². The Morgan fingerprint density at radius 3 is 2.46 bits per heavy atom. The van der Waals surface area contributed by atoms with Gasteiger partial charge in [-0.1, -0.05) is 30.3 Å². The zero-order valence-corrected chi connectivity index (χ0v) is 23.6. The third-order valence-electron chi connectivity index (χ3n) is 6.05. The molecule has 2 aromatic carbocycles. The summed E-state index contributed by atoms with van der Waals surface area (Å²) >= 11 is 4.31. The van der Waals surface area contributed by atoms with Gasteiger partial charge in [0, 0.05) is 25.4 Å². The van der Waals surface area contributed by atoms with E-state index in [4.69, 9.17) is 14.6 Å². The first-order chi connectivity index (χ1) is 18.7. The van der Waals surface area contributed by atoms with Gasteiger partial charge in [-0.05, 0) is 55.2 Å². The molecule has 5 aromatic rings. The van der Waals surface area contributed by atoms with Crippen molar-refractivity contribution in [3.8, 4) is 25.9 Å². The van der Waals surface area contributed by atoms with E-state index in [1.807, 2.05) is 56.3 Å². The second kappa shape index (κ2) is 11.1. The molecule has 2 N–H and O–H groups in total. The highest BCUT2D eigenvalue weighted by Gasteiger charge is 2.21. The normalized spacial score (nSPS) is 11.9. The Kier molecular flexibility index (Phi) is 7.65. The molecule has 0 aliphatic rings. The van der Waals surface area contributed by atoms with Crippen molar-refractivity contribution >= 4 is 61.4 Å². The number of carboxylic acids is 1. The van der Waals surface area contributed by atoms with Crippen LogP contribution in [0.2, 0.25) is 0 Å². The van der Waals surface area contributed by atoms with Crippen LogP contribution in [0.4, 0.5) is 14.9 Å². The van der Waals surface area contributed by atoms with Gasteiger partial charge in [0.05, 0.1) is 34.7 Å². The van der Waals surface area contributed by atoms with Gasteiger partial charge < -0.3 is 14.6 Å². The summed E-state index contributed by atoms with van der Waals surface area (Å²) in [5.74, 6) is -1.29. The van der Waals surface area contributed by atoms with E-state index in [2.05, 4.69) is 9.69 Å². The van der Waals surface area contributed by atoms with Crippen LogP contribution >= 0.6 is 34.2 Å². The highest BCUT2D eigenvalue weighted by molar-refractivity contribution is 7.32. The van der Waals surface area contributed by atoms with Crippen LogP contribution < -0.4 is 10.1 Å². The summed E-state index contributed by atoms with van der Waals surface area (Å²) in [6.07, 6.45) is -1.39. The zero-order chi connectivity index (χ0) is 27.7. The van der Waals surface area contributed by atoms with E-state index in [1.54, 1.807) is 0 Å². The largest absolute Gasteiger partial charge is 0.496 e. The number of carboxylic acid groups (broad SMARTS) is 1. The lowest BCUT2D eigenvalue weighted by Gasteiger charge is -2.14. The maximum absolute atomic E-state index is 14.6. The molecule has 11 heteroatoms. The van der Waals surface area contributed by atoms with Crippen molar-refractivity contribution in [2.75, 3.05) is 12.4 Å². The molecular weight excluding hydrogens is 560 g/mol.